The van der Waals surface area contributed by atoms with E-state index in [-0.39, 0.29) is 16.3 Å². The third-order valence-corrected chi connectivity index (χ3v) is 1.86. The summed E-state index contributed by atoms with van der Waals surface area (Å²) in [5, 5.41) is 6.74. The van der Waals surface area contributed by atoms with Crippen LogP contribution in [0, 0.1) is 0 Å². The van der Waals surface area contributed by atoms with Gasteiger partial charge in [0.2, 0.25) is 0 Å². The Hall–Kier alpha value is -1.44. The van der Waals surface area contributed by atoms with Crippen molar-refractivity contribution in [2.75, 3.05) is 0 Å². The third-order valence-electron chi connectivity index (χ3n) is 1.58. The number of hydrogen-bond donors (Lipinski definition) is 0. The Morgan fingerprint density at radius 3 is 2.73 bits per heavy atom. The van der Waals surface area contributed by atoms with E-state index in [1.54, 1.807) is 0 Å². The lowest BCUT2D eigenvalue weighted by atomic mass is 10.5. The van der Waals surface area contributed by atoms with Gasteiger partial charge in [-0.2, -0.15) is 13.2 Å². The summed E-state index contributed by atoms with van der Waals surface area (Å²) in [7, 11) is 0. The molecular weight excluding hydrogens is 235 g/mol. The summed E-state index contributed by atoms with van der Waals surface area (Å²) in [4.78, 5) is 7.20. The summed E-state index contributed by atoms with van der Waals surface area (Å²) in [6.07, 6.45) is -3.32. The molecule has 0 spiro atoms. The molecule has 0 aromatic carbocycles. The first-order valence-electron chi connectivity index (χ1n) is 3.74. The lowest BCUT2D eigenvalue weighted by Gasteiger charge is -2.05. The molecule has 0 radical (unpaired) electrons. The lowest BCUT2D eigenvalue weighted by Crippen LogP contribution is -2.18. The Morgan fingerprint density at radius 2 is 2.07 bits per heavy atom. The number of nitrogens with zero attached hydrogens (tertiary/aromatic N) is 5. The van der Waals surface area contributed by atoms with E-state index in [2.05, 4.69) is 20.3 Å². The zero-order chi connectivity index (χ0) is 11.1. The van der Waals surface area contributed by atoms with E-state index < -0.39 is 12.7 Å². The predicted molar refractivity (Wildman–Crippen MR) is 44.2 cm³/mol. The fourth-order valence-electron chi connectivity index (χ4n) is 1.04. The Morgan fingerprint density at radius 1 is 1.33 bits per heavy atom. The molecule has 0 aliphatic heterocycles. The first-order chi connectivity index (χ1) is 6.97. The van der Waals surface area contributed by atoms with Gasteiger partial charge in [0.1, 0.15) is 12.9 Å². The van der Waals surface area contributed by atoms with Gasteiger partial charge in [0.05, 0.1) is 0 Å². The van der Waals surface area contributed by atoms with Crippen molar-refractivity contribution in [1.82, 2.24) is 25.0 Å². The van der Waals surface area contributed by atoms with Gasteiger partial charge in [-0.3, -0.25) is 0 Å². The molecule has 0 saturated heterocycles. The van der Waals surface area contributed by atoms with Crippen molar-refractivity contribution in [1.29, 1.82) is 0 Å². The Labute approximate surface area is 85.9 Å². The number of halogens is 4. The second-order valence-corrected chi connectivity index (χ2v) is 3.06. The quantitative estimate of drug-likeness (QED) is 0.704. The third kappa shape index (κ3) is 1.99. The minimum absolute atomic E-state index is 0.0200. The van der Waals surface area contributed by atoms with E-state index in [4.69, 9.17) is 11.6 Å². The van der Waals surface area contributed by atoms with Crippen molar-refractivity contribution in [3.05, 3.63) is 11.5 Å². The minimum Gasteiger partial charge on any atom is -0.222 e. The van der Waals surface area contributed by atoms with E-state index in [0.717, 1.165) is 6.33 Å². The second-order valence-electron chi connectivity index (χ2n) is 2.70. The molecular formula is C6H3ClF3N5. The van der Waals surface area contributed by atoms with Gasteiger partial charge in [0.15, 0.2) is 16.3 Å². The molecule has 0 saturated carbocycles. The van der Waals surface area contributed by atoms with Crippen molar-refractivity contribution in [2.24, 2.45) is 0 Å². The van der Waals surface area contributed by atoms with E-state index in [0.29, 0.717) is 4.68 Å². The summed E-state index contributed by atoms with van der Waals surface area (Å²) >= 11 is 5.59. The molecule has 0 aliphatic rings. The SMILES string of the molecule is FC(F)(F)Cn1nnc2c(Cl)ncnc21. The van der Waals surface area contributed by atoms with Crippen molar-refractivity contribution >= 4 is 22.8 Å². The molecule has 2 rings (SSSR count). The van der Waals surface area contributed by atoms with E-state index in [1.807, 2.05) is 0 Å². The van der Waals surface area contributed by atoms with E-state index >= 15 is 0 Å². The van der Waals surface area contributed by atoms with E-state index in [9.17, 15) is 13.2 Å². The first kappa shape index (κ1) is 10.1. The van der Waals surface area contributed by atoms with Gasteiger partial charge in [0.25, 0.3) is 0 Å². The Bertz CT molecular complexity index is 493. The molecule has 80 valence electrons. The van der Waals surface area contributed by atoms with Crippen LogP contribution in [0.15, 0.2) is 6.33 Å². The fraction of sp³-hybridized carbons (Fsp3) is 0.333. The molecule has 0 amide bonds. The van der Waals surface area contributed by atoms with Crippen LogP contribution in [0.1, 0.15) is 0 Å². The van der Waals surface area contributed by atoms with Crippen LogP contribution in [0.4, 0.5) is 13.2 Å². The Balaban J connectivity index is 2.50. The van der Waals surface area contributed by atoms with Crippen LogP contribution in [0.3, 0.4) is 0 Å². The van der Waals surface area contributed by atoms with Crippen molar-refractivity contribution in [2.45, 2.75) is 12.7 Å². The predicted octanol–water partition coefficient (Wildman–Crippen LogP) is 1.44. The summed E-state index contributed by atoms with van der Waals surface area (Å²) in [5.74, 6) is 0. The molecule has 0 unspecified atom stereocenters. The number of hydrogen-bond acceptors (Lipinski definition) is 4. The number of fused-ring (bicyclic) bond motifs is 1. The smallest absolute Gasteiger partial charge is 0.222 e. The molecule has 0 fully saturated rings. The molecule has 2 heterocycles. The van der Waals surface area contributed by atoms with Crippen molar-refractivity contribution in [3.8, 4) is 0 Å². The van der Waals surface area contributed by atoms with Gasteiger partial charge in [0, 0.05) is 0 Å². The summed E-state index contributed by atoms with van der Waals surface area (Å²) in [6.45, 7) is -1.25. The topological polar surface area (TPSA) is 56.5 Å². The van der Waals surface area contributed by atoms with Crippen LogP contribution >= 0.6 is 11.6 Å². The molecule has 9 heteroatoms. The summed E-state index contributed by atoms with van der Waals surface area (Å²) in [5.41, 5.74) is 0.0238. The first-order valence-corrected chi connectivity index (χ1v) is 4.11. The molecule has 0 aliphatic carbocycles. The highest BCUT2D eigenvalue weighted by molar-refractivity contribution is 6.33. The van der Waals surface area contributed by atoms with Gasteiger partial charge >= 0.3 is 6.18 Å². The van der Waals surface area contributed by atoms with Gasteiger partial charge in [-0.25, -0.2) is 14.6 Å². The maximum absolute atomic E-state index is 12.1. The highest BCUT2D eigenvalue weighted by atomic mass is 35.5. The minimum atomic E-state index is -4.38. The largest absolute Gasteiger partial charge is 0.408 e. The Kier molecular flexibility index (Phi) is 2.22. The average molecular weight is 238 g/mol. The highest BCUT2D eigenvalue weighted by Gasteiger charge is 2.30. The van der Waals surface area contributed by atoms with Gasteiger partial charge in [-0.1, -0.05) is 16.8 Å². The maximum atomic E-state index is 12.1. The molecule has 0 bridgehead atoms. The van der Waals surface area contributed by atoms with Crippen LogP contribution in [0.25, 0.3) is 11.2 Å². The number of rotatable bonds is 1. The van der Waals surface area contributed by atoms with Gasteiger partial charge in [-0.15, -0.1) is 5.10 Å². The van der Waals surface area contributed by atoms with Crippen molar-refractivity contribution in [3.63, 3.8) is 0 Å². The monoisotopic (exact) mass is 237 g/mol. The molecule has 15 heavy (non-hydrogen) atoms. The van der Waals surface area contributed by atoms with Crippen LogP contribution in [0.2, 0.25) is 5.15 Å². The normalized spacial score (nSPS) is 12.3. The number of alkyl halides is 3. The van der Waals surface area contributed by atoms with Crippen LogP contribution < -0.4 is 0 Å². The molecule has 0 N–H and O–H groups in total. The average Bonchev–Trinajstić information content (AvgIpc) is 2.48. The maximum Gasteiger partial charge on any atom is 0.408 e. The summed E-state index contributed by atoms with van der Waals surface area (Å²) in [6, 6.07) is 0. The van der Waals surface area contributed by atoms with Crippen molar-refractivity contribution < 1.29 is 13.2 Å². The van der Waals surface area contributed by atoms with Gasteiger partial charge in [-0.05, 0) is 0 Å². The van der Waals surface area contributed by atoms with Crippen LogP contribution in [-0.4, -0.2) is 31.1 Å². The van der Waals surface area contributed by atoms with Crippen LogP contribution in [-0.2, 0) is 6.54 Å². The molecule has 0 atom stereocenters. The van der Waals surface area contributed by atoms with Crippen LogP contribution in [0.5, 0.6) is 0 Å². The lowest BCUT2D eigenvalue weighted by molar-refractivity contribution is -0.142. The second kappa shape index (κ2) is 3.30. The number of aromatic nitrogens is 5. The molecule has 5 nitrogen and oxygen atoms in total. The van der Waals surface area contributed by atoms with Gasteiger partial charge < -0.3 is 0 Å². The fourth-order valence-corrected chi connectivity index (χ4v) is 1.21. The standard InChI is InChI=1S/C6H3ClF3N5/c7-4-3-5(12-2-11-4)15(14-13-3)1-6(8,9)10/h2H,1H2. The zero-order valence-electron chi connectivity index (χ0n) is 7.03. The van der Waals surface area contributed by atoms with E-state index in [1.165, 1.54) is 0 Å². The highest BCUT2D eigenvalue weighted by Crippen LogP contribution is 2.21. The zero-order valence-corrected chi connectivity index (χ0v) is 7.79. The molecule has 2 aromatic heterocycles. The summed E-state index contributed by atoms with van der Waals surface area (Å²) < 4.78 is 36.9. The molecule has 2 aromatic rings.